The Kier molecular flexibility index (Phi) is 5.25. The molecule has 29 heavy (non-hydrogen) atoms. The van der Waals surface area contributed by atoms with Gasteiger partial charge in [0.1, 0.15) is 17.7 Å². The van der Waals surface area contributed by atoms with Crippen molar-refractivity contribution < 1.29 is 32.2 Å². The van der Waals surface area contributed by atoms with Crippen molar-refractivity contribution in [1.29, 1.82) is 0 Å². The summed E-state index contributed by atoms with van der Waals surface area (Å²) >= 11 is 0. The van der Waals surface area contributed by atoms with E-state index in [-0.39, 0.29) is 37.0 Å². The Labute approximate surface area is 166 Å². The highest BCUT2D eigenvalue weighted by molar-refractivity contribution is 5.88. The summed E-state index contributed by atoms with van der Waals surface area (Å²) in [5.74, 6) is -1.68. The number of carbonyl (C=O) groups is 1. The number of benzene rings is 1. The van der Waals surface area contributed by atoms with E-state index in [1.165, 1.54) is 6.07 Å². The van der Waals surface area contributed by atoms with E-state index in [4.69, 9.17) is 9.84 Å². The molecule has 0 aromatic heterocycles. The molecular weight excluding hydrogens is 390 g/mol. The summed E-state index contributed by atoms with van der Waals surface area (Å²) in [5.41, 5.74) is -1.29. The first-order chi connectivity index (χ1) is 13.7. The molecule has 0 bridgehead atoms. The SMILES string of the molecule is O=C(O)c1cc(C2CC2)c(O[C@@H]2CCCN(CC3(C(F)(F)F)CCC3)C2)cc1F. The summed E-state index contributed by atoms with van der Waals surface area (Å²) in [5, 5.41) is 9.16. The van der Waals surface area contributed by atoms with Crippen LogP contribution < -0.4 is 4.74 Å². The minimum absolute atomic E-state index is 0.0157. The van der Waals surface area contributed by atoms with Crippen LogP contribution in [0.3, 0.4) is 0 Å². The molecular formula is C21H25F4NO3. The molecule has 2 saturated carbocycles. The fourth-order valence-corrected chi connectivity index (χ4v) is 4.55. The number of hydrogen-bond donors (Lipinski definition) is 1. The number of piperidine rings is 1. The highest BCUT2D eigenvalue weighted by atomic mass is 19.4. The number of carboxylic acid groups (broad SMARTS) is 1. The van der Waals surface area contributed by atoms with Gasteiger partial charge in [0.05, 0.1) is 11.0 Å². The average molecular weight is 415 g/mol. The van der Waals surface area contributed by atoms with Gasteiger partial charge in [0.15, 0.2) is 0 Å². The zero-order chi connectivity index (χ0) is 20.8. The number of nitrogens with zero attached hydrogens (tertiary/aromatic N) is 1. The Morgan fingerprint density at radius 3 is 2.48 bits per heavy atom. The van der Waals surface area contributed by atoms with Gasteiger partial charge in [-0.2, -0.15) is 13.2 Å². The molecule has 4 nitrogen and oxygen atoms in total. The van der Waals surface area contributed by atoms with Gasteiger partial charge < -0.3 is 9.84 Å². The maximum absolute atomic E-state index is 14.2. The molecule has 1 N–H and O–H groups in total. The molecule has 2 aliphatic carbocycles. The molecule has 0 spiro atoms. The van der Waals surface area contributed by atoms with E-state index >= 15 is 0 Å². The lowest BCUT2D eigenvalue weighted by Gasteiger charge is -2.47. The maximum atomic E-state index is 14.2. The first-order valence-electron chi connectivity index (χ1n) is 10.2. The number of alkyl halides is 3. The third-order valence-electron chi connectivity index (χ3n) is 6.54. The number of carboxylic acids is 1. The zero-order valence-corrected chi connectivity index (χ0v) is 16.1. The lowest BCUT2D eigenvalue weighted by atomic mass is 9.67. The Bertz CT molecular complexity index is 787. The Hall–Kier alpha value is -1.83. The van der Waals surface area contributed by atoms with Gasteiger partial charge in [0.2, 0.25) is 0 Å². The van der Waals surface area contributed by atoms with Crippen LogP contribution in [0.1, 0.15) is 66.8 Å². The van der Waals surface area contributed by atoms with Crippen molar-refractivity contribution in [3.8, 4) is 5.75 Å². The summed E-state index contributed by atoms with van der Waals surface area (Å²) in [6.45, 7) is 0.946. The van der Waals surface area contributed by atoms with Gasteiger partial charge in [0, 0.05) is 19.2 Å². The van der Waals surface area contributed by atoms with Crippen molar-refractivity contribution in [3.05, 3.63) is 29.1 Å². The Morgan fingerprint density at radius 1 is 1.21 bits per heavy atom. The molecule has 8 heteroatoms. The molecule has 1 atom stereocenters. The summed E-state index contributed by atoms with van der Waals surface area (Å²) in [6, 6.07) is 2.47. The van der Waals surface area contributed by atoms with Gasteiger partial charge in [-0.25, -0.2) is 9.18 Å². The van der Waals surface area contributed by atoms with E-state index in [1.54, 1.807) is 0 Å². The summed E-state index contributed by atoms with van der Waals surface area (Å²) in [4.78, 5) is 13.0. The molecule has 0 radical (unpaired) electrons. The lowest BCUT2D eigenvalue weighted by Crippen LogP contribution is -2.54. The molecule has 1 heterocycles. The van der Waals surface area contributed by atoms with E-state index < -0.39 is 23.4 Å². The second kappa shape index (κ2) is 7.45. The minimum Gasteiger partial charge on any atom is -0.489 e. The van der Waals surface area contributed by atoms with Crippen LogP contribution in [0, 0.1) is 11.2 Å². The summed E-state index contributed by atoms with van der Waals surface area (Å²) in [7, 11) is 0. The van der Waals surface area contributed by atoms with Crippen LogP contribution in [-0.2, 0) is 0 Å². The van der Waals surface area contributed by atoms with E-state index in [0.29, 0.717) is 43.7 Å². The van der Waals surface area contributed by atoms with E-state index in [0.717, 1.165) is 18.9 Å². The largest absolute Gasteiger partial charge is 0.489 e. The quantitative estimate of drug-likeness (QED) is 0.666. The van der Waals surface area contributed by atoms with Crippen LogP contribution in [-0.4, -0.2) is 47.9 Å². The van der Waals surface area contributed by atoms with Crippen LogP contribution in [0.15, 0.2) is 12.1 Å². The molecule has 1 aromatic rings. The van der Waals surface area contributed by atoms with Crippen molar-refractivity contribution in [2.45, 2.75) is 63.1 Å². The fraction of sp³-hybridized carbons (Fsp3) is 0.667. The molecule has 3 fully saturated rings. The number of halogens is 4. The van der Waals surface area contributed by atoms with Crippen molar-refractivity contribution in [2.24, 2.45) is 5.41 Å². The van der Waals surface area contributed by atoms with E-state index in [2.05, 4.69) is 0 Å². The first kappa shape index (κ1) is 20.4. The standard InChI is InChI=1S/C21H25F4NO3/c22-17-10-18(15(13-4-5-13)9-16(17)19(27)28)29-14-3-1-8-26(11-14)12-20(6-2-7-20)21(23,24)25/h9-10,13-14H,1-8,11-12H2,(H,27,28)/t14-/m1/s1. The normalized spacial score (nSPS) is 24.8. The van der Waals surface area contributed by atoms with Gasteiger partial charge >= 0.3 is 12.1 Å². The number of hydrogen-bond acceptors (Lipinski definition) is 3. The van der Waals surface area contributed by atoms with Gasteiger partial charge in [0.25, 0.3) is 0 Å². The predicted molar refractivity (Wildman–Crippen MR) is 97.8 cm³/mol. The third kappa shape index (κ3) is 4.09. The molecule has 0 unspecified atom stereocenters. The molecule has 160 valence electrons. The molecule has 3 aliphatic rings. The van der Waals surface area contributed by atoms with Gasteiger partial charge in [-0.05, 0) is 62.6 Å². The van der Waals surface area contributed by atoms with Crippen molar-refractivity contribution in [3.63, 3.8) is 0 Å². The van der Waals surface area contributed by atoms with Gasteiger partial charge in [-0.1, -0.05) is 6.42 Å². The van der Waals surface area contributed by atoms with Gasteiger partial charge in [-0.15, -0.1) is 0 Å². The monoisotopic (exact) mass is 415 g/mol. The molecule has 1 saturated heterocycles. The topological polar surface area (TPSA) is 49.8 Å². The summed E-state index contributed by atoms with van der Waals surface area (Å²) < 4.78 is 60.7. The molecule has 1 aromatic carbocycles. The fourth-order valence-electron chi connectivity index (χ4n) is 4.55. The Morgan fingerprint density at radius 2 is 1.93 bits per heavy atom. The van der Waals surface area contributed by atoms with E-state index in [9.17, 15) is 22.4 Å². The van der Waals surface area contributed by atoms with Crippen LogP contribution in [0.25, 0.3) is 0 Å². The second-order valence-electron chi connectivity index (χ2n) is 8.70. The minimum atomic E-state index is -4.20. The lowest BCUT2D eigenvalue weighted by molar-refractivity contribution is -0.257. The maximum Gasteiger partial charge on any atom is 0.395 e. The second-order valence-corrected chi connectivity index (χ2v) is 8.70. The third-order valence-corrected chi connectivity index (χ3v) is 6.54. The number of rotatable bonds is 6. The van der Waals surface area contributed by atoms with Crippen molar-refractivity contribution >= 4 is 5.97 Å². The average Bonchev–Trinajstić information content (AvgIpc) is 3.42. The van der Waals surface area contributed by atoms with Crippen LogP contribution in [0.5, 0.6) is 5.75 Å². The smallest absolute Gasteiger partial charge is 0.395 e. The zero-order valence-electron chi connectivity index (χ0n) is 16.1. The van der Waals surface area contributed by atoms with Crippen molar-refractivity contribution in [2.75, 3.05) is 19.6 Å². The molecule has 4 rings (SSSR count). The van der Waals surface area contributed by atoms with Crippen molar-refractivity contribution in [1.82, 2.24) is 4.90 Å². The van der Waals surface area contributed by atoms with Gasteiger partial charge in [-0.3, -0.25) is 4.90 Å². The first-order valence-corrected chi connectivity index (χ1v) is 10.2. The van der Waals surface area contributed by atoms with E-state index in [1.807, 2.05) is 4.90 Å². The molecule has 1 aliphatic heterocycles. The Balaban J connectivity index is 1.47. The number of ether oxygens (including phenoxy) is 1. The van der Waals surface area contributed by atoms with Crippen LogP contribution in [0.4, 0.5) is 17.6 Å². The molecule has 0 amide bonds. The van der Waals surface area contributed by atoms with Crippen LogP contribution >= 0.6 is 0 Å². The highest BCUT2D eigenvalue weighted by Crippen LogP contribution is 2.53. The summed E-state index contributed by atoms with van der Waals surface area (Å²) in [6.07, 6.45) is -0.395. The number of likely N-dealkylation sites (tertiary alicyclic amines) is 1. The predicted octanol–water partition coefficient (Wildman–Crippen LogP) is 4.98. The number of aromatic carboxylic acids is 1. The highest BCUT2D eigenvalue weighted by Gasteiger charge is 2.58. The van der Waals surface area contributed by atoms with Crippen LogP contribution in [0.2, 0.25) is 0 Å².